The second-order valence-corrected chi connectivity index (χ2v) is 7.29. The first-order valence-electron chi connectivity index (χ1n) is 9.00. The number of benzene rings is 3. The lowest BCUT2D eigenvalue weighted by atomic mass is 10.0. The molecule has 0 fully saturated rings. The van der Waals surface area contributed by atoms with Gasteiger partial charge in [-0.25, -0.2) is 0 Å². The van der Waals surface area contributed by atoms with E-state index in [1.165, 1.54) is 0 Å². The maximum atomic E-state index is 6.36. The molecular formula is C23H19ClN2OS. The standard InChI is InChI=1S/C23H19ClN2OS/c24-20-9-5-4-8-19(20)22-14-21(25-23(28)26-22)17-10-12-18(13-11-17)27-15-16-6-2-1-3-7-16/h1-14,22H,15H2,(H2,25,26,28)/t22-/m0/s1. The third-order valence-corrected chi connectivity index (χ3v) is 5.09. The van der Waals surface area contributed by atoms with Crippen molar-refractivity contribution >= 4 is 34.6 Å². The van der Waals surface area contributed by atoms with Crippen LogP contribution in [0.1, 0.15) is 22.7 Å². The van der Waals surface area contributed by atoms with Gasteiger partial charge >= 0.3 is 0 Å². The van der Waals surface area contributed by atoms with Crippen LogP contribution in [0.4, 0.5) is 0 Å². The van der Waals surface area contributed by atoms with Gasteiger partial charge in [0.15, 0.2) is 5.11 Å². The van der Waals surface area contributed by atoms with Gasteiger partial charge in [0.1, 0.15) is 12.4 Å². The summed E-state index contributed by atoms with van der Waals surface area (Å²) in [5, 5.41) is 7.77. The van der Waals surface area contributed by atoms with E-state index in [0.717, 1.165) is 28.1 Å². The van der Waals surface area contributed by atoms with Gasteiger partial charge in [-0.3, -0.25) is 0 Å². The smallest absolute Gasteiger partial charge is 0.171 e. The molecule has 1 aliphatic rings. The van der Waals surface area contributed by atoms with Gasteiger partial charge in [0, 0.05) is 10.7 Å². The first kappa shape index (κ1) is 18.5. The molecule has 2 N–H and O–H groups in total. The van der Waals surface area contributed by atoms with Crippen molar-refractivity contribution in [3.05, 3.63) is 107 Å². The monoisotopic (exact) mass is 406 g/mol. The van der Waals surface area contributed by atoms with E-state index in [-0.39, 0.29) is 6.04 Å². The van der Waals surface area contributed by atoms with Crippen molar-refractivity contribution in [2.75, 3.05) is 0 Å². The van der Waals surface area contributed by atoms with Gasteiger partial charge in [0.25, 0.3) is 0 Å². The predicted molar refractivity (Wildman–Crippen MR) is 118 cm³/mol. The third-order valence-electron chi connectivity index (χ3n) is 4.52. The van der Waals surface area contributed by atoms with Crippen molar-refractivity contribution in [3.8, 4) is 5.75 Å². The highest BCUT2D eigenvalue weighted by molar-refractivity contribution is 7.80. The molecular weight excluding hydrogens is 388 g/mol. The fourth-order valence-corrected chi connectivity index (χ4v) is 3.57. The second-order valence-electron chi connectivity index (χ2n) is 6.48. The number of hydrogen-bond acceptors (Lipinski definition) is 2. The normalized spacial score (nSPS) is 16.0. The van der Waals surface area contributed by atoms with Crippen LogP contribution in [-0.4, -0.2) is 5.11 Å². The lowest BCUT2D eigenvalue weighted by Gasteiger charge is -2.27. The summed E-state index contributed by atoms with van der Waals surface area (Å²) in [5.74, 6) is 0.826. The number of thiocarbonyl (C=S) groups is 1. The molecule has 5 heteroatoms. The van der Waals surface area contributed by atoms with Gasteiger partial charge in [-0.1, -0.05) is 60.1 Å². The molecule has 4 rings (SSSR count). The van der Waals surface area contributed by atoms with Crippen LogP contribution in [0, 0.1) is 0 Å². The van der Waals surface area contributed by atoms with Crippen LogP contribution in [0.3, 0.4) is 0 Å². The molecule has 0 aliphatic carbocycles. The zero-order chi connectivity index (χ0) is 19.3. The summed E-state index contributed by atoms with van der Waals surface area (Å²) in [5.41, 5.74) is 4.12. The number of rotatable bonds is 5. The molecule has 1 aliphatic heterocycles. The van der Waals surface area contributed by atoms with E-state index >= 15 is 0 Å². The number of ether oxygens (including phenoxy) is 1. The van der Waals surface area contributed by atoms with Gasteiger partial charge in [0.05, 0.1) is 6.04 Å². The molecule has 0 unspecified atom stereocenters. The second kappa shape index (κ2) is 8.46. The topological polar surface area (TPSA) is 33.3 Å². The zero-order valence-corrected chi connectivity index (χ0v) is 16.6. The maximum Gasteiger partial charge on any atom is 0.171 e. The minimum atomic E-state index is -0.0774. The fraction of sp³-hybridized carbons (Fsp3) is 0.0870. The summed E-state index contributed by atoms with van der Waals surface area (Å²) in [6.45, 7) is 0.545. The first-order valence-corrected chi connectivity index (χ1v) is 9.78. The summed E-state index contributed by atoms with van der Waals surface area (Å²) in [6.07, 6.45) is 2.09. The highest BCUT2D eigenvalue weighted by Gasteiger charge is 2.20. The first-order chi connectivity index (χ1) is 13.7. The molecule has 1 atom stereocenters. The van der Waals surface area contributed by atoms with Gasteiger partial charge < -0.3 is 15.4 Å². The summed E-state index contributed by atoms with van der Waals surface area (Å²) >= 11 is 11.7. The van der Waals surface area contributed by atoms with Gasteiger partial charge in [-0.05, 0) is 65.3 Å². The minimum absolute atomic E-state index is 0.0774. The molecule has 0 bridgehead atoms. The largest absolute Gasteiger partial charge is 0.489 e. The van der Waals surface area contributed by atoms with Gasteiger partial charge in [0.2, 0.25) is 0 Å². The van der Waals surface area contributed by atoms with E-state index in [4.69, 9.17) is 28.6 Å². The van der Waals surface area contributed by atoms with Gasteiger partial charge in [-0.15, -0.1) is 0 Å². The van der Waals surface area contributed by atoms with Crippen molar-refractivity contribution in [2.24, 2.45) is 0 Å². The predicted octanol–water partition coefficient (Wildman–Crippen LogP) is 5.48. The number of nitrogens with one attached hydrogen (secondary N) is 2. The highest BCUT2D eigenvalue weighted by atomic mass is 35.5. The molecule has 28 heavy (non-hydrogen) atoms. The van der Waals surface area contributed by atoms with Crippen LogP contribution >= 0.6 is 23.8 Å². The Morgan fingerprint density at radius 3 is 2.36 bits per heavy atom. The lowest BCUT2D eigenvalue weighted by Crippen LogP contribution is -2.40. The Bertz CT molecular complexity index is 1000. The van der Waals surface area contributed by atoms with Crippen LogP contribution in [0.5, 0.6) is 5.75 Å². The van der Waals surface area contributed by atoms with E-state index in [2.05, 4.69) is 16.7 Å². The van der Waals surface area contributed by atoms with Crippen LogP contribution in [0.25, 0.3) is 5.70 Å². The van der Waals surface area contributed by atoms with E-state index < -0.39 is 0 Å². The molecule has 3 nitrogen and oxygen atoms in total. The molecule has 0 saturated carbocycles. The van der Waals surface area contributed by atoms with Crippen LogP contribution < -0.4 is 15.4 Å². The Morgan fingerprint density at radius 2 is 1.61 bits per heavy atom. The van der Waals surface area contributed by atoms with E-state index in [1.54, 1.807) is 0 Å². The molecule has 0 saturated heterocycles. The van der Waals surface area contributed by atoms with Crippen molar-refractivity contribution in [2.45, 2.75) is 12.6 Å². The average Bonchev–Trinajstić information content (AvgIpc) is 2.73. The molecule has 1 heterocycles. The van der Waals surface area contributed by atoms with E-state index in [9.17, 15) is 0 Å². The molecule has 0 amide bonds. The lowest BCUT2D eigenvalue weighted by molar-refractivity contribution is 0.306. The van der Waals surface area contributed by atoms with Crippen molar-refractivity contribution in [1.82, 2.24) is 10.6 Å². The Kier molecular flexibility index (Phi) is 5.60. The SMILES string of the molecule is S=C1NC(c2ccc(OCc3ccccc3)cc2)=C[C@@H](c2ccccc2Cl)N1. The quantitative estimate of drug-likeness (QED) is 0.550. The fourth-order valence-electron chi connectivity index (χ4n) is 3.08. The Balaban J connectivity index is 1.51. The van der Waals surface area contributed by atoms with Crippen LogP contribution in [0.2, 0.25) is 5.02 Å². The Hall–Kier alpha value is -2.82. The summed E-state index contributed by atoms with van der Waals surface area (Å²) in [6, 6.07) is 25.8. The third kappa shape index (κ3) is 4.35. The van der Waals surface area contributed by atoms with Crippen molar-refractivity contribution in [1.29, 1.82) is 0 Å². The van der Waals surface area contributed by atoms with Crippen molar-refractivity contribution in [3.63, 3.8) is 0 Å². The van der Waals surface area contributed by atoms with Crippen molar-refractivity contribution < 1.29 is 4.74 Å². The highest BCUT2D eigenvalue weighted by Crippen LogP contribution is 2.28. The Morgan fingerprint density at radius 1 is 0.893 bits per heavy atom. The summed E-state index contributed by atoms with van der Waals surface area (Å²) in [4.78, 5) is 0. The summed E-state index contributed by atoms with van der Waals surface area (Å²) in [7, 11) is 0. The zero-order valence-electron chi connectivity index (χ0n) is 15.1. The van der Waals surface area contributed by atoms with Gasteiger partial charge in [-0.2, -0.15) is 0 Å². The van der Waals surface area contributed by atoms with E-state index in [1.807, 2.05) is 78.9 Å². The molecule has 0 radical (unpaired) electrons. The Labute approximate surface area is 175 Å². The molecule has 0 spiro atoms. The number of hydrogen-bond donors (Lipinski definition) is 2. The molecule has 0 aromatic heterocycles. The van der Waals surface area contributed by atoms with Crippen LogP contribution in [-0.2, 0) is 6.61 Å². The molecule has 140 valence electrons. The molecule has 3 aromatic carbocycles. The number of halogens is 1. The summed E-state index contributed by atoms with van der Waals surface area (Å²) < 4.78 is 5.87. The average molecular weight is 407 g/mol. The van der Waals surface area contributed by atoms with Crippen LogP contribution in [0.15, 0.2) is 84.9 Å². The molecule has 3 aromatic rings. The van der Waals surface area contributed by atoms with E-state index in [0.29, 0.717) is 16.7 Å². The maximum absolute atomic E-state index is 6.36. The minimum Gasteiger partial charge on any atom is -0.489 e.